The maximum Gasteiger partial charge on any atom is 0.417 e. The van der Waals surface area contributed by atoms with Crippen LogP contribution in [0.5, 0.6) is 5.75 Å². The van der Waals surface area contributed by atoms with Gasteiger partial charge in [0, 0.05) is 0 Å². The number of hydrogen-bond acceptors (Lipinski definition) is 3. The molecule has 0 N–H and O–H groups in total. The highest BCUT2D eigenvalue weighted by molar-refractivity contribution is 5.90. The van der Waals surface area contributed by atoms with Gasteiger partial charge in [-0.2, -0.15) is 0 Å². The highest BCUT2D eigenvalue weighted by Gasteiger charge is 2.29. The number of benzene rings is 1. The summed E-state index contributed by atoms with van der Waals surface area (Å²) >= 11 is 0. The fourth-order valence-electron chi connectivity index (χ4n) is 1.47. The van der Waals surface area contributed by atoms with E-state index in [1.165, 1.54) is 4.90 Å². The van der Waals surface area contributed by atoms with E-state index < -0.39 is 5.60 Å². The average Bonchev–Trinajstić information content (AvgIpc) is 2.58. The molecule has 1 aliphatic heterocycles. The molecule has 0 saturated carbocycles. The molecule has 2 rings (SSSR count). The molecule has 0 spiro atoms. The molecule has 0 atom stereocenters. The molecule has 4 heteroatoms. The van der Waals surface area contributed by atoms with Gasteiger partial charge < -0.3 is 9.47 Å². The Kier molecular flexibility index (Phi) is 2.50. The number of rotatable bonds is 0. The second-order valence-electron chi connectivity index (χ2n) is 4.65. The Hall–Kier alpha value is -1.71. The minimum atomic E-state index is -0.491. The summed E-state index contributed by atoms with van der Waals surface area (Å²) in [5, 5.41) is 0. The van der Waals surface area contributed by atoms with E-state index in [-0.39, 0.29) is 12.8 Å². The summed E-state index contributed by atoms with van der Waals surface area (Å²) < 4.78 is 10.7. The van der Waals surface area contributed by atoms with E-state index in [4.69, 9.17) is 9.47 Å². The second-order valence-corrected chi connectivity index (χ2v) is 4.65. The Balaban J connectivity index is 2.16. The van der Waals surface area contributed by atoms with Crippen molar-refractivity contribution in [1.29, 1.82) is 0 Å². The van der Waals surface area contributed by atoms with Crippen molar-refractivity contribution in [2.24, 2.45) is 0 Å². The maximum atomic E-state index is 11.8. The third kappa shape index (κ3) is 2.10. The van der Waals surface area contributed by atoms with Crippen molar-refractivity contribution in [3.05, 3.63) is 24.3 Å². The van der Waals surface area contributed by atoms with Crippen LogP contribution in [-0.4, -0.2) is 18.4 Å². The van der Waals surface area contributed by atoms with Crippen molar-refractivity contribution >= 4 is 11.8 Å². The van der Waals surface area contributed by atoms with Gasteiger partial charge in [-0.3, -0.25) is 0 Å². The number of hydrogen-bond donors (Lipinski definition) is 0. The Morgan fingerprint density at radius 3 is 2.75 bits per heavy atom. The van der Waals surface area contributed by atoms with E-state index in [0.717, 1.165) is 5.69 Å². The summed E-state index contributed by atoms with van der Waals surface area (Å²) in [7, 11) is 0. The molecule has 0 saturated heterocycles. The molecule has 4 nitrogen and oxygen atoms in total. The van der Waals surface area contributed by atoms with Crippen LogP contribution < -0.4 is 9.64 Å². The number of amides is 1. The third-order valence-electron chi connectivity index (χ3n) is 2.12. The van der Waals surface area contributed by atoms with Crippen LogP contribution in [0, 0.1) is 0 Å². The molecule has 0 aromatic heterocycles. The second kappa shape index (κ2) is 3.70. The molecular weight excluding hydrogens is 206 g/mol. The molecular formula is C12H15NO3. The van der Waals surface area contributed by atoms with Crippen molar-refractivity contribution in [2.45, 2.75) is 26.4 Å². The van der Waals surface area contributed by atoms with Gasteiger partial charge in [0.1, 0.15) is 11.4 Å². The zero-order chi connectivity index (χ0) is 11.8. The number of carbonyl (C=O) groups excluding carboxylic acids is 1. The summed E-state index contributed by atoms with van der Waals surface area (Å²) in [6, 6.07) is 7.41. The first kappa shape index (κ1) is 10.8. The molecule has 1 aromatic rings. The molecule has 1 aliphatic rings. The van der Waals surface area contributed by atoms with E-state index >= 15 is 0 Å². The highest BCUT2D eigenvalue weighted by atomic mass is 16.6. The number of carbonyl (C=O) groups is 1. The van der Waals surface area contributed by atoms with Gasteiger partial charge in [0.2, 0.25) is 0 Å². The lowest BCUT2D eigenvalue weighted by molar-refractivity contribution is 0.0566. The zero-order valence-electron chi connectivity index (χ0n) is 9.69. The van der Waals surface area contributed by atoms with E-state index in [1.54, 1.807) is 0 Å². The van der Waals surface area contributed by atoms with Gasteiger partial charge in [-0.15, -0.1) is 0 Å². The molecule has 0 bridgehead atoms. The highest BCUT2D eigenvalue weighted by Crippen LogP contribution is 2.34. The molecule has 0 radical (unpaired) electrons. The van der Waals surface area contributed by atoms with Gasteiger partial charge in [-0.25, -0.2) is 9.69 Å². The SMILES string of the molecule is CC(C)(C)OC(=O)N1COc2ccccc21. The summed E-state index contributed by atoms with van der Waals surface area (Å²) in [6.45, 7) is 5.74. The van der Waals surface area contributed by atoms with Crippen LogP contribution in [0.3, 0.4) is 0 Å². The summed E-state index contributed by atoms with van der Waals surface area (Å²) in [6.07, 6.45) is -0.377. The number of nitrogens with zero attached hydrogens (tertiary/aromatic N) is 1. The monoisotopic (exact) mass is 221 g/mol. The van der Waals surface area contributed by atoms with Gasteiger partial charge >= 0.3 is 6.09 Å². The van der Waals surface area contributed by atoms with Crippen LogP contribution in [0.2, 0.25) is 0 Å². The van der Waals surface area contributed by atoms with Gasteiger partial charge in [0.15, 0.2) is 6.73 Å². The minimum absolute atomic E-state index is 0.217. The van der Waals surface area contributed by atoms with E-state index in [1.807, 2.05) is 45.0 Å². The van der Waals surface area contributed by atoms with E-state index in [2.05, 4.69) is 0 Å². The topological polar surface area (TPSA) is 38.8 Å². The van der Waals surface area contributed by atoms with Crippen LogP contribution >= 0.6 is 0 Å². The Bertz CT molecular complexity index is 409. The van der Waals surface area contributed by atoms with E-state index in [9.17, 15) is 4.79 Å². The quantitative estimate of drug-likeness (QED) is 0.676. The molecule has 86 valence electrons. The molecule has 16 heavy (non-hydrogen) atoms. The number of anilines is 1. The summed E-state index contributed by atoms with van der Waals surface area (Å²) in [5.74, 6) is 0.716. The fourth-order valence-corrected chi connectivity index (χ4v) is 1.47. The summed E-state index contributed by atoms with van der Waals surface area (Å²) in [5.41, 5.74) is 0.269. The smallest absolute Gasteiger partial charge is 0.417 e. The molecule has 1 aromatic carbocycles. The minimum Gasteiger partial charge on any atom is -0.470 e. The lowest BCUT2D eigenvalue weighted by Gasteiger charge is -2.23. The molecule has 0 fully saturated rings. The van der Waals surface area contributed by atoms with Crippen LogP contribution in [0.4, 0.5) is 10.5 Å². The number of para-hydroxylation sites is 2. The summed E-state index contributed by atoms with van der Waals surface area (Å²) in [4.78, 5) is 13.3. The first-order valence-electron chi connectivity index (χ1n) is 5.20. The molecule has 0 unspecified atom stereocenters. The van der Waals surface area contributed by atoms with Gasteiger partial charge in [0.25, 0.3) is 0 Å². The van der Waals surface area contributed by atoms with Crippen LogP contribution in [0.15, 0.2) is 24.3 Å². The third-order valence-corrected chi connectivity index (χ3v) is 2.12. The molecule has 1 heterocycles. The lowest BCUT2D eigenvalue weighted by Crippen LogP contribution is -2.36. The van der Waals surface area contributed by atoms with Crippen molar-refractivity contribution in [3.8, 4) is 5.75 Å². The molecule has 0 aliphatic carbocycles. The normalized spacial score (nSPS) is 14.3. The van der Waals surface area contributed by atoms with Crippen molar-refractivity contribution in [2.75, 3.05) is 11.6 Å². The maximum absolute atomic E-state index is 11.8. The van der Waals surface area contributed by atoms with E-state index in [0.29, 0.717) is 5.75 Å². The Labute approximate surface area is 94.8 Å². The fraction of sp³-hybridized carbons (Fsp3) is 0.417. The standard InChI is InChI=1S/C12H15NO3/c1-12(2,3)16-11(14)13-8-15-10-7-5-4-6-9(10)13/h4-7H,8H2,1-3H3. The van der Waals surface area contributed by atoms with Gasteiger partial charge in [-0.05, 0) is 32.9 Å². The zero-order valence-corrected chi connectivity index (χ0v) is 9.69. The van der Waals surface area contributed by atoms with Crippen molar-refractivity contribution in [1.82, 2.24) is 0 Å². The Morgan fingerprint density at radius 1 is 1.38 bits per heavy atom. The van der Waals surface area contributed by atoms with Crippen molar-refractivity contribution < 1.29 is 14.3 Å². The first-order valence-corrected chi connectivity index (χ1v) is 5.20. The predicted octanol–water partition coefficient (Wildman–Crippen LogP) is 2.78. The van der Waals surface area contributed by atoms with Crippen molar-refractivity contribution in [3.63, 3.8) is 0 Å². The van der Waals surface area contributed by atoms with Crippen LogP contribution in [0.25, 0.3) is 0 Å². The lowest BCUT2D eigenvalue weighted by atomic mass is 10.2. The average molecular weight is 221 g/mol. The van der Waals surface area contributed by atoms with Gasteiger partial charge in [0.05, 0.1) is 5.69 Å². The predicted molar refractivity (Wildman–Crippen MR) is 60.7 cm³/mol. The first-order chi connectivity index (χ1) is 7.47. The van der Waals surface area contributed by atoms with Gasteiger partial charge in [-0.1, -0.05) is 12.1 Å². The molecule has 1 amide bonds. The Morgan fingerprint density at radius 2 is 2.06 bits per heavy atom. The number of fused-ring (bicyclic) bond motifs is 1. The van der Waals surface area contributed by atoms with Crippen LogP contribution in [0.1, 0.15) is 20.8 Å². The van der Waals surface area contributed by atoms with Crippen LogP contribution in [-0.2, 0) is 4.74 Å². The number of ether oxygens (including phenoxy) is 2. The largest absolute Gasteiger partial charge is 0.470 e.